The van der Waals surface area contributed by atoms with E-state index in [0.29, 0.717) is 6.10 Å². The summed E-state index contributed by atoms with van der Waals surface area (Å²) in [6.07, 6.45) is 6.82. The van der Waals surface area contributed by atoms with Crippen molar-refractivity contribution < 1.29 is 4.74 Å². The minimum absolute atomic E-state index is 0.398. The lowest BCUT2D eigenvalue weighted by Crippen LogP contribution is -2.25. The minimum atomic E-state index is 0.398. The van der Waals surface area contributed by atoms with E-state index in [-0.39, 0.29) is 0 Å². The number of benzene rings is 1. The van der Waals surface area contributed by atoms with Crippen LogP contribution in [0.25, 0.3) is 0 Å². The normalized spacial score (nSPS) is 18.5. The van der Waals surface area contributed by atoms with Gasteiger partial charge in [0.25, 0.3) is 0 Å². The van der Waals surface area contributed by atoms with E-state index in [4.69, 9.17) is 4.74 Å². The number of aromatic nitrogens is 2. The van der Waals surface area contributed by atoms with Gasteiger partial charge < -0.3 is 10.1 Å². The van der Waals surface area contributed by atoms with Crippen molar-refractivity contribution in [1.29, 1.82) is 0 Å². The Morgan fingerprint density at radius 1 is 1.25 bits per heavy atom. The van der Waals surface area contributed by atoms with Crippen molar-refractivity contribution in [2.24, 2.45) is 0 Å². The van der Waals surface area contributed by atoms with Crippen LogP contribution in [-0.4, -0.2) is 29.0 Å². The van der Waals surface area contributed by atoms with Crippen molar-refractivity contribution in [1.82, 2.24) is 15.1 Å². The molecule has 2 heterocycles. The average Bonchev–Trinajstić information content (AvgIpc) is 3.12. The number of hydrogen-bond acceptors (Lipinski definition) is 3. The molecule has 1 aliphatic rings. The summed E-state index contributed by atoms with van der Waals surface area (Å²) in [5, 5.41) is 7.85. The third-order valence-corrected chi connectivity index (χ3v) is 3.60. The fourth-order valence-corrected chi connectivity index (χ4v) is 2.54. The highest BCUT2D eigenvalue weighted by molar-refractivity contribution is 5.15. The van der Waals surface area contributed by atoms with Gasteiger partial charge in [0.1, 0.15) is 0 Å². The highest BCUT2D eigenvalue weighted by atomic mass is 16.5. The zero-order chi connectivity index (χ0) is 13.6. The summed E-state index contributed by atoms with van der Waals surface area (Å²) < 4.78 is 7.58. The Kier molecular flexibility index (Phi) is 4.46. The first kappa shape index (κ1) is 13.3. The summed E-state index contributed by atoms with van der Waals surface area (Å²) in [6.45, 7) is 3.53. The van der Waals surface area contributed by atoms with Crippen molar-refractivity contribution >= 4 is 0 Å². The third-order valence-electron chi connectivity index (χ3n) is 3.60. The maximum atomic E-state index is 5.59. The molecule has 0 spiro atoms. The maximum absolute atomic E-state index is 5.59. The van der Waals surface area contributed by atoms with Gasteiger partial charge in [0, 0.05) is 31.5 Å². The minimum Gasteiger partial charge on any atom is -0.377 e. The Bertz CT molecular complexity index is 518. The number of nitrogens with one attached hydrogen (secondary N) is 1. The van der Waals surface area contributed by atoms with Crippen LogP contribution in [0.15, 0.2) is 42.7 Å². The van der Waals surface area contributed by atoms with Crippen LogP contribution < -0.4 is 5.32 Å². The molecule has 1 atom stereocenters. The predicted molar refractivity (Wildman–Crippen MR) is 78.5 cm³/mol. The van der Waals surface area contributed by atoms with Crippen molar-refractivity contribution in [3.63, 3.8) is 0 Å². The van der Waals surface area contributed by atoms with E-state index in [9.17, 15) is 0 Å². The molecule has 0 radical (unpaired) electrons. The molecule has 1 unspecified atom stereocenters. The molecule has 0 bridgehead atoms. The maximum Gasteiger partial charge on any atom is 0.0700 e. The van der Waals surface area contributed by atoms with E-state index in [1.54, 1.807) is 0 Å². The molecule has 0 saturated carbocycles. The Hall–Kier alpha value is -1.65. The van der Waals surface area contributed by atoms with Crippen LogP contribution in [0.4, 0.5) is 0 Å². The first-order valence-electron chi connectivity index (χ1n) is 7.28. The predicted octanol–water partition coefficient (Wildman–Crippen LogP) is 2.20. The van der Waals surface area contributed by atoms with Gasteiger partial charge in [-0.1, -0.05) is 30.3 Å². The SMILES string of the molecule is c1ccc(Cn2cc(CNCC3CCCO3)cn2)cc1. The van der Waals surface area contributed by atoms with Gasteiger partial charge in [-0.3, -0.25) is 4.68 Å². The second kappa shape index (κ2) is 6.68. The van der Waals surface area contributed by atoms with Crippen LogP contribution in [-0.2, 0) is 17.8 Å². The van der Waals surface area contributed by atoms with E-state index in [2.05, 4.69) is 40.9 Å². The smallest absolute Gasteiger partial charge is 0.0700 e. The molecule has 4 heteroatoms. The zero-order valence-corrected chi connectivity index (χ0v) is 11.7. The molecule has 1 saturated heterocycles. The van der Waals surface area contributed by atoms with Crippen LogP contribution in [0.3, 0.4) is 0 Å². The van der Waals surface area contributed by atoms with Gasteiger partial charge in [-0.2, -0.15) is 5.10 Å². The third kappa shape index (κ3) is 3.68. The second-order valence-corrected chi connectivity index (χ2v) is 5.30. The average molecular weight is 271 g/mol. The molecule has 1 N–H and O–H groups in total. The Morgan fingerprint density at radius 2 is 2.15 bits per heavy atom. The zero-order valence-electron chi connectivity index (χ0n) is 11.7. The second-order valence-electron chi connectivity index (χ2n) is 5.30. The molecule has 20 heavy (non-hydrogen) atoms. The fraction of sp³-hybridized carbons (Fsp3) is 0.438. The quantitative estimate of drug-likeness (QED) is 0.875. The van der Waals surface area contributed by atoms with Crippen LogP contribution in [0.5, 0.6) is 0 Å². The van der Waals surface area contributed by atoms with Crippen LogP contribution in [0.2, 0.25) is 0 Å². The first-order valence-corrected chi connectivity index (χ1v) is 7.28. The Morgan fingerprint density at radius 3 is 2.95 bits per heavy atom. The molecule has 0 aliphatic carbocycles. The van der Waals surface area contributed by atoms with Gasteiger partial charge in [-0.05, 0) is 18.4 Å². The Balaban J connectivity index is 1.46. The van der Waals surface area contributed by atoms with Crippen molar-refractivity contribution in [2.45, 2.75) is 32.0 Å². The fourth-order valence-electron chi connectivity index (χ4n) is 2.54. The summed E-state index contributed by atoms with van der Waals surface area (Å²) in [5.74, 6) is 0. The van der Waals surface area contributed by atoms with Crippen molar-refractivity contribution in [2.75, 3.05) is 13.2 Å². The summed E-state index contributed by atoms with van der Waals surface area (Å²) in [4.78, 5) is 0. The molecule has 3 rings (SSSR count). The van der Waals surface area contributed by atoms with Crippen LogP contribution >= 0.6 is 0 Å². The van der Waals surface area contributed by atoms with Gasteiger partial charge in [0.05, 0.1) is 18.8 Å². The van der Waals surface area contributed by atoms with E-state index >= 15 is 0 Å². The van der Waals surface area contributed by atoms with Gasteiger partial charge in [-0.25, -0.2) is 0 Å². The number of rotatable bonds is 6. The summed E-state index contributed by atoms with van der Waals surface area (Å²) in [5.41, 5.74) is 2.49. The molecule has 1 fully saturated rings. The van der Waals surface area contributed by atoms with E-state index in [0.717, 1.165) is 26.2 Å². The van der Waals surface area contributed by atoms with Crippen LogP contribution in [0, 0.1) is 0 Å². The number of nitrogens with zero attached hydrogens (tertiary/aromatic N) is 2. The summed E-state index contributed by atoms with van der Waals surface area (Å²) in [6, 6.07) is 10.4. The molecule has 1 aromatic heterocycles. The van der Waals surface area contributed by atoms with Crippen molar-refractivity contribution in [3.8, 4) is 0 Å². The first-order chi connectivity index (χ1) is 9.90. The van der Waals surface area contributed by atoms with Crippen LogP contribution in [0.1, 0.15) is 24.0 Å². The summed E-state index contributed by atoms with van der Waals surface area (Å²) >= 11 is 0. The molecule has 2 aromatic rings. The molecule has 1 aliphatic heterocycles. The topological polar surface area (TPSA) is 39.1 Å². The lowest BCUT2D eigenvalue weighted by atomic mass is 10.2. The lowest BCUT2D eigenvalue weighted by molar-refractivity contribution is 0.110. The molecule has 0 amide bonds. The number of ether oxygens (including phenoxy) is 1. The number of hydrogen-bond donors (Lipinski definition) is 1. The van der Waals surface area contributed by atoms with E-state index in [1.807, 2.05) is 16.9 Å². The molecule has 106 valence electrons. The summed E-state index contributed by atoms with van der Waals surface area (Å²) in [7, 11) is 0. The lowest BCUT2D eigenvalue weighted by Gasteiger charge is -2.09. The molecular weight excluding hydrogens is 250 g/mol. The monoisotopic (exact) mass is 271 g/mol. The van der Waals surface area contributed by atoms with Gasteiger partial charge >= 0.3 is 0 Å². The van der Waals surface area contributed by atoms with Gasteiger partial charge in [0.15, 0.2) is 0 Å². The van der Waals surface area contributed by atoms with Crippen molar-refractivity contribution in [3.05, 3.63) is 53.9 Å². The van der Waals surface area contributed by atoms with E-state index < -0.39 is 0 Å². The Labute approximate surface area is 119 Å². The standard InChI is InChI=1S/C16H21N3O/c1-2-5-14(6-3-1)12-19-13-15(10-18-19)9-17-11-16-7-4-8-20-16/h1-3,5-6,10,13,16-17H,4,7-9,11-12H2. The molecule has 1 aromatic carbocycles. The molecular formula is C16H21N3O. The largest absolute Gasteiger partial charge is 0.377 e. The van der Waals surface area contributed by atoms with Gasteiger partial charge in [-0.15, -0.1) is 0 Å². The van der Waals surface area contributed by atoms with Gasteiger partial charge in [0.2, 0.25) is 0 Å². The van der Waals surface area contributed by atoms with E-state index in [1.165, 1.54) is 24.0 Å². The highest BCUT2D eigenvalue weighted by Gasteiger charge is 2.14. The molecule has 4 nitrogen and oxygen atoms in total. The highest BCUT2D eigenvalue weighted by Crippen LogP contribution is 2.11.